The van der Waals surface area contributed by atoms with Crippen molar-refractivity contribution in [2.45, 2.75) is 32.4 Å². The molecule has 0 saturated heterocycles. The highest BCUT2D eigenvalue weighted by Gasteiger charge is 2.32. The van der Waals surface area contributed by atoms with Crippen LogP contribution in [-0.2, 0) is 6.54 Å². The molecule has 1 unspecified atom stereocenters. The SMILES string of the molecule is CCOc1cccc(CNC(c2ccc3c(c2)OCCO3)C2CC2)c1. The predicted octanol–water partition coefficient (Wildman–Crippen LogP) is 4.10. The first kappa shape index (κ1) is 16.3. The Labute approximate surface area is 149 Å². The molecular weight excluding hydrogens is 314 g/mol. The minimum atomic E-state index is 0.353. The van der Waals surface area contributed by atoms with E-state index in [0.29, 0.717) is 31.8 Å². The first-order chi connectivity index (χ1) is 12.3. The van der Waals surface area contributed by atoms with Gasteiger partial charge in [-0.1, -0.05) is 18.2 Å². The molecule has 4 rings (SSSR count). The Balaban J connectivity index is 1.48. The Kier molecular flexibility index (Phi) is 4.79. The smallest absolute Gasteiger partial charge is 0.161 e. The molecule has 132 valence electrons. The van der Waals surface area contributed by atoms with Crippen LogP contribution in [0.15, 0.2) is 42.5 Å². The van der Waals surface area contributed by atoms with Gasteiger partial charge in [0.05, 0.1) is 6.61 Å². The van der Waals surface area contributed by atoms with E-state index in [0.717, 1.165) is 23.8 Å². The second-order valence-corrected chi connectivity index (χ2v) is 6.68. The predicted molar refractivity (Wildman–Crippen MR) is 97.3 cm³/mol. The summed E-state index contributed by atoms with van der Waals surface area (Å²) in [5.74, 6) is 3.37. The Morgan fingerprint density at radius 3 is 2.72 bits per heavy atom. The lowest BCUT2D eigenvalue weighted by atomic mass is 10.0. The minimum Gasteiger partial charge on any atom is -0.494 e. The highest BCUT2D eigenvalue weighted by molar-refractivity contribution is 5.45. The number of fused-ring (bicyclic) bond motifs is 1. The van der Waals surface area contributed by atoms with Crippen molar-refractivity contribution in [1.29, 1.82) is 0 Å². The topological polar surface area (TPSA) is 39.7 Å². The van der Waals surface area contributed by atoms with Gasteiger partial charge < -0.3 is 19.5 Å². The summed E-state index contributed by atoms with van der Waals surface area (Å²) in [6.07, 6.45) is 2.57. The summed E-state index contributed by atoms with van der Waals surface area (Å²) in [6.45, 7) is 4.79. The van der Waals surface area contributed by atoms with Gasteiger partial charge in [-0.25, -0.2) is 0 Å². The van der Waals surface area contributed by atoms with E-state index in [4.69, 9.17) is 14.2 Å². The molecule has 1 saturated carbocycles. The zero-order chi connectivity index (χ0) is 17.1. The number of nitrogens with one attached hydrogen (secondary N) is 1. The molecule has 2 aliphatic rings. The zero-order valence-corrected chi connectivity index (χ0v) is 14.7. The summed E-state index contributed by atoms with van der Waals surface area (Å²) >= 11 is 0. The van der Waals surface area contributed by atoms with E-state index in [1.807, 2.05) is 19.1 Å². The van der Waals surface area contributed by atoms with Gasteiger partial charge in [-0.15, -0.1) is 0 Å². The zero-order valence-electron chi connectivity index (χ0n) is 14.7. The van der Waals surface area contributed by atoms with Crippen molar-refractivity contribution in [3.05, 3.63) is 53.6 Å². The molecule has 2 aromatic rings. The first-order valence-electron chi connectivity index (χ1n) is 9.18. The van der Waals surface area contributed by atoms with Crippen molar-refractivity contribution in [3.63, 3.8) is 0 Å². The lowest BCUT2D eigenvalue weighted by Gasteiger charge is -2.23. The molecule has 0 aromatic heterocycles. The van der Waals surface area contributed by atoms with E-state index in [1.54, 1.807) is 0 Å². The third-order valence-corrected chi connectivity index (χ3v) is 4.75. The maximum atomic E-state index is 5.75. The molecule has 1 aliphatic heterocycles. The van der Waals surface area contributed by atoms with Crippen LogP contribution in [0.2, 0.25) is 0 Å². The monoisotopic (exact) mass is 339 g/mol. The third kappa shape index (κ3) is 3.90. The second-order valence-electron chi connectivity index (χ2n) is 6.68. The summed E-state index contributed by atoms with van der Waals surface area (Å²) in [6, 6.07) is 15.0. The molecule has 2 aromatic carbocycles. The average molecular weight is 339 g/mol. The fraction of sp³-hybridized carbons (Fsp3) is 0.429. The highest BCUT2D eigenvalue weighted by atomic mass is 16.6. The van der Waals surface area contributed by atoms with Crippen molar-refractivity contribution in [1.82, 2.24) is 5.32 Å². The van der Waals surface area contributed by atoms with E-state index >= 15 is 0 Å². The van der Waals surface area contributed by atoms with Crippen LogP contribution in [-0.4, -0.2) is 19.8 Å². The molecule has 0 amide bonds. The molecule has 25 heavy (non-hydrogen) atoms. The molecule has 1 N–H and O–H groups in total. The van der Waals surface area contributed by atoms with Gasteiger partial charge in [0.25, 0.3) is 0 Å². The van der Waals surface area contributed by atoms with Crippen molar-refractivity contribution in [2.75, 3.05) is 19.8 Å². The van der Waals surface area contributed by atoms with Crippen LogP contribution in [0.5, 0.6) is 17.2 Å². The summed E-state index contributed by atoms with van der Waals surface area (Å²) in [4.78, 5) is 0. The molecular formula is C21H25NO3. The van der Waals surface area contributed by atoms with Crippen LogP contribution in [0, 0.1) is 5.92 Å². The fourth-order valence-electron chi connectivity index (χ4n) is 3.38. The van der Waals surface area contributed by atoms with Gasteiger partial charge in [0.15, 0.2) is 11.5 Å². The van der Waals surface area contributed by atoms with E-state index in [9.17, 15) is 0 Å². The van der Waals surface area contributed by atoms with Crippen molar-refractivity contribution >= 4 is 0 Å². The van der Waals surface area contributed by atoms with Gasteiger partial charge >= 0.3 is 0 Å². The molecule has 4 heteroatoms. The van der Waals surface area contributed by atoms with Crippen molar-refractivity contribution in [3.8, 4) is 17.2 Å². The normalized spacial score (nSPS) is 17.2. The Hall–Kier alpha value is -2.20. The largest absolute Gasteiger partial charge is 0.494 e. The van der Waals surface area contributed by atoms with Gasteiger partial charge in [0.1, 0.15) is 19.0 Å². The standard InChI is InChI=1S/C21H25NO3/c1-2-23-18-5-3-4-15(12-18)14-22-21(16-6-7-16)17-8-9-19-20(13-17)25-11-10-24-19/h3-5,8-9,12-13,16,21-22H,2,6-7,10-11,14H2,1H3. The van der Waals surface area contributed by atoms with Crippen LogP contribution < -0.4 is 19.5 Å². The van der Waals surface area contributed by atoms with E-state index < -0.39 is 0 Å². The van der Waals surface area contributed by atoms with Gasteiger partial charge in [-0.3, -0.25) is 0 Å². The van der Waals surface area contributed by atoms with Crippen molar-refractivity contribution in [2.24, 2.45) is 5.92 Å². The Bertz CT molecular complexity index is 727. The van der Waals surface area contributed by atoms with Crippen LogP contribution in [0.25, 0.3) is 0 Å². The molecule has 0 radical (unpaired) electrons. The van der Waals surface area contributed by atoms with Crippen LogP contribution in [0.4, 0.5) is 0 Å². The Morgan fingerprint density at radius 1 is 1.08 bits per heavy atom. The molecule has 0 bridgehead atoms. The van der Waals surface area contributed by atoms with Crippen LogP contribution >= 0.6 is 0 Å². The number of benzene rings is 2. The van der Waals surface area contributed by atoms with E-state index in [-0.39, 0.29) is 0 Å². The Morgan fingerprint density at radius 2 is 1.92 bits per heavy atom. The molecule has 1 fully saturated rings. The molecule has 4 nitrogen and oxygen atoms in total. The lowest BCUT2D eigenvalue weighted by Crippen LogP contribution is -2.23. The van der Waals surface area contributed by atoms with Crippen LogP contribution in [0.3, 0.4) is 0 Å². The molecule has 1 aliphatic carbocycles. The quantitative estimate of drug-likeness (QED) is 0.824. The number of rotatable bonds is 7. The van der Waals surface area contributed by atoms with Crippen molar-refractivity contribution < 1.29 is 14.2 Å². The maximum absolute atomic E-state index is 5.75. The summed E-state index contributed by atoms with van der Waals surface area (Å²) < 4.78 is 17.0. The number of hydrogen-bond donors (Lipinski definition) is 1. The van der Waals surface area contributed by atoms with E-state index in [1.165, 1.54) is 24.0 Å². The maximum Gasteiger partial charge on any atom is 0.161 e. The second kappa shape index (κ2) is 7.36. The lowest BCUT2D eigenvalue weighted by molar-refractivity contribution is 0.171. The third-order valence-electron chi connectivity index (χ3n) is 4.75. The summed E-state index contributed by atoms with van der Waals surface area (Å²) in [7, 11) is 0. The van der Waals surface area contributed by atoms with Gasteiger partial charge in [-0.2, -0.15) is 0 Å². The molecule has 1 heterocycles. The number of ether oxygens (including phenoxy) is 3. The minimum absolute atomic E-state index is 0.353. The van der Waals surface area contributed by atoms with Crippen LogP contribution in [0.1, 0.15) is 36.9 Å². The number of hydrogen-bond acceptors (Lipinski definition) is 4. The average Bonchev–Trinajstić information content (AvgIpc) is 3.48. The van der Waals surface area contributed by atoms with E-state index in [2.05, 4.69) is 35.6 Å². The molecule has 0 spiro atoms. The highest BCUT2D eigenvalue weighted by Crippen LogP contribution is 2.43. The van der Waals surface area contributed by atoms with Gasteiger partial charge in [-0.05, 0) is 61.1 Å². The first-order valence-corrected chi connectivity index (χ1v) is 9.18. The molecule has 1 atom stereocenters. The van der Waals surface area contributed by atoms with Gasteiger partial charge in [0.2, 0.25) is 0 Å². The van der Waals surface area contributed by atoms with Gasteiger partial charge in [0, 0.05) is 12.6 Å². The summed E-state index contributed by atoms with van der Waals surface area (Å²) in [5.41, 5.74) is 2.53. The summed E-state index contributed by atoms with van der Waals surface area (Å²) in [5, 5.41) is 3.74. The fourth-order valence-corrected chi connectivity index (χ4v) is 3.38.